The van der Waals surface area contributed by atoms with E-state index in [0.29, 0.717) is 6.42 Å². The van der Waals surface area contributed by atoms with Crippen LogP contribution in [0.25, 0.3) is 0 Å². The largest absolute Gasteiger partial charge is 0.488 e. The van der Waals surface area contributed by atoms with E-state index in [0.717, 1.165) is 0 Å². The number of ether oxygens (including phenoxy) is 4. The lowest BCUT2D eigenvalue weighted by Gasteiger charge is -2.45. The number of hydrogen-bond acceptors (Lipinski definition) is 9. The van der Waals surface area contributed by atoms with Gasteiger partial charge in [0.25, 0.3) is 0 Å². The molecule has 1 amide bonds. The monoisotopic (exact) mass is 513 g/mol. The Morgan fingerprint density at radius 1 is 0.889 bits per heavy atom. The molecule has 0 radical (unpaired) electrons. The van der Waals surface area contributed by atoms with Crippen LogP contribution in [0.5, 0.6) is 0 Å². The first-order valence-electron chi connectivity index (χ1n) is 12.3. The second-order valence-corrected chi connectivity index (χ2v) is 11.4. The first-order valence-corrected chi connectivity index (χ1v) is 12.3. The fourth-order valence-electron chi connectivity index (χ4n) is 3.52. The molecule has 206 valence electrons. The summed E-state index contributed by atoms with van der Waals surface area (Å²) < 4.78 is 22.3. The maximum absolute atomic E-state index is 13.5. The molecule has 0 aliphatic heterocycles. The average molecular weight is 514 g/mol. The lowest BCUT2D eigenvalue weighted by molar-refractivity contribution is -0.189. The Bertz CT molecular complexity index is 877. The number of ketones is 1. The predicted octanol–water partition coefficient (Wildman–Crippen LogP) is 2.95. The highest BCUT2D eigenvalue weighted by atomic mass is 16.6. The first kappa shape index (κ1) is 31.4. The van der Waals surface area contributed by atoms with Gasteiger partial charge < -0.3 is 29.4 Å². The van der Waals surface area contributed by atoms with Crippen molar-refractivity contribution in [3.05, 3.63) is 11.5 Å². The Kier molecular flexibility index (Phi) is 10.1. The summed E-state index contributed by atoms with van der Waals surface area (Å²) in [5, 5.41) is 14.3. The van der Waals surface area contributed by atoms with Gasteiger partial charge in [0, 0.05) is 6.42 Å². The molecule has 10 nitrogen and oxygen atoms in total. The number of esters is 2. The number of hydrogen-bond donors (Lipinski definition) is 2. The zero-order valence-corrected chi connectivity index (χ0v) is 23.4. The zero-order chi connectivity index (χ0) is 28.2. The fourth-order valence-corrected chi connectivity index (χ4v) is 3.52. The third-order valence-electron chi connectivity index (χ3n) is 4.71. The van der Waals surface area contributed by atoms with Crippen LogP contribution in [0.2, 0.25) is 0 Å². The molecule has 1 aliphatic carbocycles. The maximum atomic E-state index is 13.5. The van der Waals surface area contributed by atoms with Gasteiger partial charge in [-0.1, -0.05) is 6.92 Å². The van der Waals surface area contributed by atoms with Crippen molar-refractivity contribution in [2.75, 3.05) is 0 Å². The van der Waals surface area contributed by atoms with E-state index < -0.39 is 64.6 Å². The number of aliphatic hydroxyl groups is 1. The Hall–Kier alpha value is -2.62. The van der Waals surface area contributed by atoms with E-state index in [1.807, 2.05) is 0 Å². The Balaban J connectivity index is 3.80. The molecule has 0 spiro atoms. The van der Waals surface area contributed by atoms with Gasteiger partial charge in [-0.3, -0.25) is 14.4 Å². The molecule has 3 atom stereocenters. The maximum Gasteiger partial charge on any atom is 0.330 e. The summed E-state index contributed by atoms with van der Waals surface area (Å²) in [4.78, 5) is 52.9. The van der Waals surface area contributed by atoms with Crippen molar-refractivity contribution in [1.82, 2.24) is 5.32 Å². The van der Waals surface area contributed by atoms with Crippen LogP contribution in [0, 0.1) is 5.92 Å². The van der Waals surface area contributed by atoms with Crippen molar-refractivity contribution in [3.8, 4) is 0 Å². The van der Waals surface area contributed by atoms with Gasteiger partial charge in [0.1, 0.15) is 23.2 Å². The normalized spacial score (nSPS) is 20.0. The van der Waals surface area contributed by atoms with E-state index in [2.05, 4.69) is 5.32 Å². The first-order chi connectivity index (χ1) is 16.2. The molecule has 0 aromatic heterocycles. The number of nitrogens with one attached hydrogen (secondary N) is 1. The molecular weight excluding hydrogens is 470 g/mol. The summed E-state index contributed by atoms with van der Waals surface area (Å²) >= 11 is 0. The minimum Gasteiger partial charge on any atom is -0.488 e. The molecule has 10 heteroatoms. The van der Waals surface area contributed by atoms with Crippen molar-refractivity contribution >= 4 is 23.6 Å². The number of carbonyl (C=O) groups is 4. The van der Waals surface area contributed by atoms with E-state index in [1.54, 1.807) is 76.2 Å². The smallest absolute Gasteiger partial charge is 0.330 e. The van der Waals surface area contributed by atoms with Crippen LogP contribution in [0.15, 0.2) is 11.5 Å². The fraction of sp³-hybridized carbons (Fsp3) is 0.769. The van der Waals surface area contributed by atoms with Crippen LogP contribution in [0.4, 0.5) is 0 Å². The van der Waals surface area contributed by atoms with Gasteiger partial charge in [-0.15, -0.1) is 0 Å². The molecule has 0 saturated carbocycles. The van der Waals surface area contributed by atoms with Gasteiger partial charge in [0.2, 0.25) is 23.1 Å². The molecule has 1 aliphatic rings. The van der Waals surface area contributed by atoms with Crippen LogP contribution in [-0.2, 0) is 38.1 Å². The molecule has 0 aromatic carbocycles. The summed E-state index contributed by atoms with van der Waals surface area (Å²) in [5.41, 5.74) is -4.67. The van der Waals surface area contributed by atoms with E-state index in [-0.39, 0.29) is 17.9 Å². The summed E-state index contributed by atoms with van der Waals surface area (Å²) in [7, 11) is 0. The average Bonchev–Trinajstić information content (AvgIpc) is 2.66. The van der Waals surface area contributed by atoms with Crippen molar-refractivity contribution in [1.29, 1.82) is 0 Å². The molecule has 0 bridgehead atoms. The van der Waals surface area contributed by atoms with Gasteiger partial charge in [-0.25, -0.2) is 4.79 Å². The van der Waals surface area contributed by atoms with Crippen molar-refractivity contribution in [2.24, 2.45) is 5.92 Å². The van der Waals surface area contributed by atoms with Crippen molar-refractivity contribution in [2.45, 2.75) is 124 Å². The zero-order valence-electron chi connectivity index (χ0n) is 23.4. The van der Waals surface area contributed by atoms with Gasteiger partial charge in [-0.05, 0) is 75.7 Å². The second-order valence-electron chi connectivity index (χ2n) is 11.4. The molecule has 3 unspecified atom stereocenters. The third-order valence-corrected chi connectivity index (χ3v) is 4.71. The molecular formula is C26H43NO9. The van der Waals surface area contributed by atoms with Crippen LogP contribution in [-0.4, -0.2) is 63.8 Å². The Morgan fingerprint density at radius 3 is 1.78 bits per heavy atom. The number of amides is 1. The lowest BCUT2D eigenvalue weighted by atomic mass is 9.69. The minimum absolute atomic E-state index is 0.0413. The Labute approximate surface area is 214 Å². The third kappa shape index (κ3) is 7.94. The van der Waals surface area contributed by atoms with Gasteiger partial charge in [-0.2, -0.15) is 0 Å². The molecule has 2 N–H and O–H groups in total. The molecule has 0 aromatic rings. The Morgan fingerprint density at radius 2 is 1.36 bits per heavy atom. The highest BCUT2D eigenvalue weighted by Gasteiger charge is 2.67. The second kappa shape index (κ2) is 11.6. The van der Waals surface area contributed by atoms with E-state index >= 15 is 0 Å². The van der Waals surface area contributed by atoms with Gasteiger partial charge >= 0.3 is 11.9 Å². The van der Waals surface area contributed by atoms with Gasteiger partial charge in [0.15, 0.2) is 5.76 Å². The number of rotatable bonds is 11. The van der Waals surface area contributed by atoms with Gasteiger partial charge in [0.05, 0.1) is 12.2 Å². The standard InChI is InChI=1S/C26H43NO9/c1-12-13-16(28)27-18(23(31)36-25(9,10)11)17(22(30)35-24(6,7)8)26(32)20(29)19(33-14(2)3)21(26)34-15(4)5/h14-15,17-18,32H,12-13H2,1-11H3,(H,27,28). The highest BCUT2D eigenvalue weighted by Crippen LogP contribution is 2.45. The summed E-state index contributed by atoms with van der Waals surface area (Å²) in [5.74, 6) is -6.08. The van der Waals surface area contributed by atoms with Crippen molar-refractivity contribution in [3.63, 3.8) is 0 Å². The van der Waals surface area contributed by atoms with E-state index in [4.69, 9.17) is 18.9 Å². The van der Waals surface area contributed by atoms with Crippen molar-refractivity contribution < 1.29 is 43.2 Å². The highest BCUT2D eigenvalue weighted by molar-refractivity contribution is 6.13. The molecule has 36 heavy (non-hydrogen) atoms. The summed E-state index contributed by atoms with van der Waals surface area (Å²) in [6, 6.07) is -1.75. The van der Waals surface area contributed by atoms with E-state index in [1.165, 1.54) is 0 Å². The topological polar surface area (TPSA) is 137 Å². The van der Waals surface area contributed by atoms with Crippen LogP contribution in [0.3, 0.4) is 0 Å². The predicted molar refractivity (Wildman–Crippen MR) is 131 cm³/mol. The van der Waals surface area contributed by atoms with Crippen LogP contribution in [0.1, 0.15) is 89.0 Å². The number of carbonyl (C=O) groups excluding carboxylic acids is 4. The van der Waals surface area contributed by atoms with Crippen LogP contribution >= 0.6 is 0 Å². The van der Waals surface area contributed by atoms with E-state index in [9.17, 15) is 24.3 Å². The molecule has 0 fully saturated rings. The molecule has 0 saturated heterocycles. The van der Waals surface area contributed by atoms with Crippen LogP contribution < -0.4 is 5.32 Å². The SMILES string of the molecule is CCCC(=O)NC(C(=O)OC(C)(C)C)C(C(=O)OC(C)(C)C)C1(O)C(=O)C(OC(C)C)=C1OC(C)C. The quantitative estimate of drug-likeness (QED) is 0.399. The summed E-state index contributed by atoms with van der Waals surface area (Å²) in [6.07, 6.45) is -0.453. The molecule has 1 rings (SSSR count). The number of Topliss-reactive ketones (excluding diaryl/α,β-unsaturated/α-hetero) is 1. The lowest BCUT2D eigenvalue weighted by Crippen LogP contribution is -2.67. The minimum atomic E-state index is -2.64. The summed E-state index contributed by atoms with van der Waals surface area (Å²) in [6.45, 7) is 18.1. The molecule has 0 heterocycles.